The molecule has 4 unspecified atom stereocenters. The van der Waals surface area contributed by atoms with Crippen LogP contribution in [-0.2, 0) is 74.9 Å². The Hall–Kier alpha value is -7.12. The SMILES string of the molecule is CC1(CC(=O)O)c2cc3[nH]c(cc4[nH]c(cc5nc(cc(n2)C1CCC(=O)O)C(CCC(=O)O)C5(C)CC(=O)O)c(CC(=O)O)c4CCC(=O)O)c(CC(=O)O)c3CCC(=O)O. The second-order valence-electron chi connectivity index (χ2n) is 16.1. The van der Waals surface area contributed by atoms with E-state index >= 15 is 0 Å². The number of aromatic nitrogens is 4. The largest absolute Gasteiger partial charge is 0.481 e. The molecule has 3 aromatic rings. The summed E-state index contributed by atoms with van der Waals surface area (Å²) < 4.78 is 0. The van der Waals surface area contributed by atoms with Gasteiger partial charge in [0.15, 0.2) is 0 Å². The van der Waals surface area contributed by atoms with Gasteiger partial charge in [-0.3, -0.25) is 48.3 Å². The summed E-state index contributed by atoms with van der Waals surface area (Å²) in [4.78, 5) is 114. The first-order valence-corrected chi connectivity index (χ1v) is 19.5. The lowest BCUT2D eigenvalue weighted by Gasteiger charge is -2.31. The topological polar surface area (TPSA) is 356 Å². The summed E-state index contributed by atoms with van der Waals surface area (Å²) in [6.07, 6.45) is -5.18. The number of aromatic amines is 2. The maximum Gasteiger partial charge on any atom is 0.307 e. The highest BCUT2D eigenvalue weighted by Crippen LogP contribution is 2.51. The molecule has 20 heteroatoms. The van der Waals surface area contributed by atoms with Gasteiger partial charge in [0.1, 0.15) is 0 Å². The van der Waals surface area contributed by atoms with Crippen molar-refractivity contribution in [2.75, 3.05) is 0 Å². The van der Waals surface area contributed by atoms with Crippen molar-refractivity contribution in [3.05, 3.63) is 69.3 Å². The van der Waals surface area contributed by atoms with Gasteiger partial charge in [-0.05, 0) is 72.2 Å². The van der Waals surface area contributed by atoms with Gasteiger partial charge in [0.2, 0.25) is 0 Å². The maximum atomic E-state index is 12.6. The molecule has 0 saturated carbocycles. The fourth-order valence-corrected chi connectivity index (χ4v) is 8.93. The van der Waals surface area contributed by atoms with Gasteiger partial charge < -0.3 is 50.8 Å². The number of carbonyl (C=O) groups is 8. The summed E-state index contributed by atoms with van der Waals surface area (Å²) in [6, 6.07) is 5.71. The number of rotatable bonds is 20. The Morgan fingerprint density at radius 1 is 0.468 bits per heavy atom. The number of aliphatic carboxylic acids is 8. The predicted molar refractivity (Wildman–Crippen MR) is 214 cm³/mol. The van der Waals surface area contributed by atoms with Crippen LogP contribution in [0.5, 0.6) is 0 Å². The number of hydrogen-bond acceptors (Lipinski definition) is 10. The van der Waals surface area contributed by atoms with Gasteiger partial charge >= 0.3 is 47.8 Å². The molecule has 2 aliphatic rings. The van der Waals surface area contributed by atoms with E-state index in [2.05, 4.69) is 9.97 Å². The minimum absolute atomic E-state index is 0.0623. The van der Waals surface area contributed by atoms with Crippen LogP contribution in [0.25, 0.3) is 22.1 Å². The molecule has 10 N–H and O–H groups in total. The minimum Gasteiger partial charge on any atom is -0.481 e. The molecule has 330 valence electrons. The highest BCUT2D eigenvalue weighted by atomic mass is 16.4. The Kier molecular flexibility index (Phi) is 13.5. The Morgan fingerprint density at radius 2 is 0.806 bits per heavy atom. The highest BCUT2D eigenvalue weighted by Gasteiger charge is 2.48. The van der Waals surface area contributed by atoms with E-state index in [1.165, 1.54) is 24.3 Å². The number of fused-ring (bicyclic) bond motifs is 8. The van der Waals surface area contributed by atoms with Crippen molar-refractivity contribution in [2.45, 2.75) is 114 Å². The number of nitrogens with zero attached hydrogens (tertiary/aromatic N) is 2. The van der Waals surface area contributed by atoms with Crippen LogP contribution in [0.2, 0.25) is 0 Å². The fourth-order valence-electron chi connectivity index (χ4n) is 8.93. The van der Waals surface area contributed by atoms with Crippen molar-refractivity contribution in [2.24, 2.45) is 0 Å². The van der Waals surface area contributed by atoms with Crippen LogP contribution in [-0.4, -0.2) is 109 Å². The summed E-state index contributed by atoms with van der Waals surface area (Å²) in [5, 5.41) is 79.7. The molecule has 5 rings (SSSR count). The zero-order valence-corrected chi connectivity index (χ0v) is 33.7. The number of carboxylic acid groups (broad SMARTS) is 8. The van der Waals surface area contributed by atoms with Crippen LogP contribution in [0.15, 0.2) is 24.3 Å². The van der Waals surface area contributed by atoms with Crippen LogP contribution >= 0.6 is 0 Å². The van der Waals surface area contributed by atoms with Gasteiger partial charge in [-0.25, -0.2) is 0 Å². The monoisotopic (exact) mass is 862 g/mol. The smallest absolute Gasteiger partial charge is 0.307 e. The highest BCUT2D eigenvalue weighted by molar-refractivity contribution is 5.86. The standard InChI is InChI=1S/C42H46N4O16/c1-41(17-39(59)60)23(5-9-35(51)52)29-14-30-24(6-10-36(53)54)42(2,18-40(61)62)32(46-30)16-28-22(12-38(57)58)19(3-7-33(47)48)25(43-28)13-26-21(11-37(55)56)20(4-8-34(49)50)27(44-26)15-31(41)45-29/h13-16,23-24,43-44H,3-12,17-18H2,1-2H3,(H,47,48)(H,49,50)(H,51,52)(H,53,54)(H,55,56)(H,57,58)(H,59,60)(H,61,62). The molecule has 0 radical (unpaired) electrons. The minimum atomic E-state index is -1.49. The predicted octanol–water partition coefficient (Wildman–Crippen LogP) is 4.37. The van der Waals surface area contributed by atoms with Crippen LogP contribution in [0, 0.1) is 0 Å². The molecule has 0 aromatic carbocycles. The Labute approximate surface area is 351 Å². The van der Waals surface area contributed by atoms with E-state index in [0.717, 1.165) is 0 Å². The summed E-state index contributed by atoms with van der Waals surface area (Å²) in [5.41, 5.74) is -1.54. The van der Waals surface area contributed by atoms with E-state index in [9.17, 15) is 79.2 Å². The van der Waals surface area contributed by atoms with Crippen LogP contribution in [0.4, 0.5) is 0 Å². The van der Waals surface area contributed by atoms with Crippen molar-refractivity contribution >= 4 is 69.8 Å². The van der Waals surface area contributed by atoms with Crippen molar-refractivity contribution < 1.29 is 79.2 Å². The number of hydrogen-bond donors (Lipinski definition) is 10. The lowest BCUT2D eigenvalue weighted by atomic mass is 9.69. The van der Waals surface area contributed by atoms with E-state index in [1.54, 1.807) is 13.8 Å². The number of H-pyrrole nitrogens is 2. The molecule has 0 amide bonds. The molecule has 0 spiro atoms. The van der Waals surface area contributed by atoms with Gasteiger partial charge in [-0.2, -0.15) is 0 Å². The molecule has 4 atom stereocenters. The van der Waals surface area contributed by atoms with Crippen molar-refractivity contribution in [1.29, 1.82) is 0 Å². The third kappa shape index (κ3) is 10.1. The third-order valence-electron chi connectivity index (χ3n) is 11.8. The Balaban J connectivity index is 2.11. The van der Waals surface area contributed by atoms with E-state index in [4.69, 9.17) is 9.97 Å². The van der Waals surface area contributed by atoms with Crippen LogP contribution in [0.1, 0.15) is 122 Å². The molecule has 2 aliphatic heterocycles. The molecule has 5 heterocycles. The second kappa shape index (κ2) is 18.2. The Bertz CT molecular complexity index is 2540. The lowest BCUT2D eigenvalue weighted by Crippen LogP contribution is -2.31. The Morgan fingerprint density at radius 3 is 1.15 bits per heavy atom. The molecule has 0 fully saturated rings. The molecule has 8 bridgehead atoms. The quantitative estimate of drug-likeness (QED) is 0.0754. The zero-order chi connectivity index (χ0) is 45.8. The molecule has 0 saturated heterocycles. The summed E-state index contributed by atoms with van der Waals surface area (Å²) in [5.74, 6) is -12.0. The van der Waals surface area contributed by atoms with Gasteiger partial charge in [0.25, 0.3) is 0 Å². The lowest BCUT2D eigenvalue weighted by molar-refractivity contribution is -0.140. The van der Waals surface area contributed by atoms with Gasteiger partial charge in [-0.1, -0.05) is 13.8 Å². The summed E-state index contributed by atoms with van der Waals surface area (Å²) >= 11 is 0. The van der Waals surface area contributed by atoms with Gasteiger partial charge in [0, 0.05) is 93.2 Å². The van der Waals surface area contributed by atoms with E-state index in [-0.39, 0.29) is 92.8 Å². The van der Waals surface area contributed by atoms with Crippen molar-refractivity contribution in [3.63, 3.8) is 0 Å². The second-order valence-corrected chi connectivity index (χ2v) is 16.1. The van der Waals surface area contributed by atoms with Crippen molar-refractivity contribution in [3.8, 4) is 0 Å². The number of aryl methyl sites for hydroxylation is 2. The summed E-state index contributed by atoms with van der Waals surface area (Å²) in [6.45, 7) is 3.10. The maximum absolute atomic E-state index is 12.6. The summed E-state index contributed by atoms with van der Waals surface area (Å²) in [7, 11) is 0. The average molecular weight is 863 g/mol. The van der Waals surface area contributed by atoms with Crippen molar-refractivity contribution in [1.82, 2.24) is 19.9 Å². The first-order chi connectivity index (χ1) is 29.0. The molecule has 3 aromatic heterocycles. The van der Waals surface area contributed by atoms with E-state index in [1.807, 2.05) is 0 Å². The molecular formula is C42H46N4O16. The van der Waals surface area contributed by atoms with E-state index < -0.39 is 122 Å². The number of nitrogens with one attached hydrogen (secondary N) is 2. The fraction of sp³-hybridized carbons (Fsp3) is 0.429. The first kappa shape index (κ1) is 46.0. The molecule has 62 heavy (non-hydrogen) atoms. The van der Waals surface area contributed by atoms with Gasteiger partial charge in [-0.15, -0.1) is 0 Å². The molecular weight excluding hydrogens is 816 g/mol. The average Bonchev–Trinajstić information content (AvgIpc) is 3.77. The zero-order valence-electron chi connectivity index (χ0n) is 33.7. The van der Waals surface area contributed by atoms with Gasteiger partial charge in [0.05, 0.1) is 25.7 Å². The van der Waals surface area contributed by atoms with Crippen LogP contribution < -0.4 is 0 Å². The molecule has 20 nitrogen and oxygen atoms in total. The molecule has 0 aliphatic carbocycles. The number of carboxylic acids is 8. The van der Waals surface area contributed by atoms with Crippen LogP contribution in [0.3, 0.4) is 0 Å². The first-order valence-electron chi connectivity index (χ1n) is 19.5. The third-order valence-corrected chi connectivity index (χ3v) is 11.8. The van der Waals surface area contributed by atoms with E-state index in [0.29, 0.717) is 0 Å². The normalized spacial score (nSPS) is 19.5.